The third-order valence-corrected chi connectivity index (χ3v) is 2.31. The Bertz CT molecular complexity index is 219. The molecule has 0 aliphatic carbocycles. The Hall–Kier alpha value is -1.01. The van der Waals surface area contributed by atoms with Crippen LogP contribution in [-0.2, 0) is 4.79 Å². The maximum Gasteiger partial charge on any atom is 0.236 e. The van der Waals surface area contributed by atoms with E-state index in [1.807, 2.05) is 16.7 Å². The number of carbonyl (C=O) groups is 1. The lowest BCUT2D eigenvalue weighted by atomic mass is 10.4. The van der Waals surface area contributed by atoms with Crippen molar-refractivity contribution < 1.29 is 4.79 Å². The number of rotatable bonds is 2. The van der Waals surface area contributed by atoms with Gasteiger partial charge in [-0.15, -0.1) is 6.42 Å². The van der Waals surface area contributed by atoms with Crippen LogP contribution in [-0.4, -0.2) is 48.4 Å². The van der Waals surface area contributed by atoms with Gasteiger partial charge >= 0.3 is 0 Å². The highest BCUT2D eigenvalue weighted by Crippen LogP contribution is 2.03. The molecular formula is C10H16N2O. The molecule has 3 nitrogen and oxygen atoms in total. The second-order valence-corrected chi connectivity index (χ2v) is 3.24. The number of terminal acetylenes is 1. The van der Waals surface area contributed by atoms with Crippen molar-refractivity contribution in [2.75, 3.05) is 32.7 Å². The Balaban J connectivity index is 2.51. The minimum absolute atomic E-state index is 0.204. The summed E-state index contributed by atoms with van der Waals surface area (Å²) in [5, 5.41) is 0. The zero-order valence-electron chi connectivity index (χ0n) is 8.12. The van der Waals surface area contributed by atoms with Gasteiger partial charge in [0.15, 0.2) is 0 Å². The molecule has 0 N–H and O–H groups in total. The molecule has 72 valence electrons. The van der Waals surface area contributed by atoms with E-state index >= 15 is 0 Å². The quantitative estimate of drug-likeness (QED) is 0.566. The molecule has 0 bridgehead atoms. The average molecular weight is 180 g/mol. The van der Waals surface area contributed by atoms with Crippen LogP contribution in [0.15, 0.2) is 0 Å². The standard InChI is InChI=1S/C10H16N2O/c1-3-6-11-7-5-8-12(4-2)10(13)9-11/h1H,4-9H2,2H3. The summed E-state index contributed by atoms with van der Waals surface area (Å²) in [5.74, 6) is 2.78. The normalized spacial score (nSPS) is 19.7. The summed E-state index contributed by atoms with van der Waals surface area (Å²) in [6.45, 7) is 5.70. The van der Waals surface area contributed by atoms with Gasteiger partial charge in [0.1, 0.15) is 0 Å². The van der Waals surface area contributed by atoms with Gasteiger partial charge < -0.3 is 4.90 Å². The Kier molecular flexibility index (Phi) is 3.78. The minimum atomic E-state index is 0.204. The summed E-state index contributed by atoms with van der Waals surface area (Å²) in [6.07, 6.45) is 6.24. The van der Waals surface area contributed by atoms with Crippen molar-refractivity contribution in [3.63, 3.8) is 0 Å². The highest BCUT2D eigenvalue weighted by atomic mass is 16.2. The first-order chi connectivity index (χ1) is 6.27. The number of hydrogen-bond donors (Lipinski definition) is 0. The second kappa shape index (κ2) is 4.88. The first-order valence-electron chi connectivity index (χ1n) is 4.71. The molecule has 1 fully saturated rings. The molecule has 0 spiro atoms. The van der Waals surface area contributed by atoms with Gasteiger partial charge in [0.05, 0.1) is 13.1 Å². The van der Waals surface area contributed by atoms with Gasteiger partial charge in [-0.2, -0.15) is 0 Å². The van der Waals surface area contributed by atoms with Crippen LogP contribution < -0.4 is 0 Å². The fraction of sp³-hybridized carbons (Fsp3) is 0.700. The first-order valence-corrected chi connectivity index (χ1v) is 4.71. The van der Waals surface area contributed by atoms with E-state index in [4.69, 9.17) is 6.42 Å². The maximum absolute atomic E-state index is 11.5. The third-order valence-electron chi connectivity index (χ3n) is 2.31. The highest BCUT2D eigenvalue weighted by molar-refractivity contribution is 5.78. The van der Waals surface area contributed by atoms with Gasteiger partial charge in [0, 0.05) is 19.6 Å². The van der Waals surface area contributed by atoms with Crippen LogP contribution in [0.3, 0.4) is 0 Å². The van der Waals surface area contributed by atoms with Crippen LogP contribution in [0.4, 0.5) is 0 Å². The van der Waals surface area contributed by atoms with E-state index in [0.29, 0.717) is 13.1 Å². The van der Waals surface area contributed by atoms with Gasteiger partial charge in [-0.25, -0.2) is 0 Å². The van der Waals surface area contributed by atoms with E-state index in [2.05, 4.69) is 5.92 Å². The van der Waals surface area contributed by atoms with Crippen molar-refractivity contribution in [1.29, 1.82) is 0 Å². The topological polar surface area (TPSA) is 23.6 Å². The number of hydrogen-bond acceptors (Lipinski definition) is 2. The van der Waals surface area contributed by atoms with Crippen molar-refractivity contribution in [3.05, 3.63) is 0 Å². The number of amides is 1. The lowest BCUT2D eigenvalue weighted by Gasteiger charge is -2.18. The Morgan fingerprint density at radius 3 is 2.92 bits per heavy atom. The van der Waals surface area contributed by atoms with Crippen LogP contribution in [0.25, 0.3) is 0 Å². The summed E-state index contributed by atoms with van der Waals surface area (Å²) in [7, 11) is 0. The zero-order chi connectivity index (χ0) is 9.68. The maximum atomic E-state index is 11.5. The van der Waals surface area contributed by atoms with E-state index in [1.54, 1.807) is 0 Å². The zero-order valence-corrected chi connectivity index (χ0v) is 8.12. The molecule has 0 aromatic heterocycles. The molecule has 3 heteroatoms. The summed E-state index contributed by atoms with van der Waals surface area (Å²) < 4.78 is 0. The molecule has 13 heavy (non-hydrogen) atoms. The predicted molar refractivity (Wildman–Crippen MR) is 52.1 cm³/mol. The van der Waals surface area contributed by atoms with E-state index < -0.39 is 0 Å². The smallest absolute Gasteiger partial charge is 0.236 e. The molecule has 1 amide bonds. The third kappa shape index (κ3) is 2.74. The van der Waals surface area contributed by atoms with Crippen molar-refractivity contribution in [1.82, 2.24) is 9.80 Å². The van der Waals surface area contributed by atoms with Gasteiger partial charge in [-0.3, -0.25) is 9.69 Å². The molecule has 1 rings (SSSR count). The molecule has 0 radical (unpaired) electrons. The SMILES string of the molecule is C#CCN1CCCN(CC)C(=O)C1. The molecule has 0 aromatic rings. The fourth-order valence-corrected chi connectivity index (χ4v) is 1.58. The largest absolute Gasteiger partial charge is 0.342 e. The molecule has 1 heterocycles. The summed E-state index contributed by atoms with van der Waals surface area (Å²) in [6, 6.07) is 0. The van der Waals surface area contributed by atoms with Crippen molar-refractivity contribution >= 4 is 5.91 Å². The molecule has 1 aliphatic heterocycles. The van der Waals surface area contributed by atoms with Gasteiger partial charge in [0.25, 0.3) is 0 Å². The summed E-state index contributed by atoms with van der Waals surface area (Å²) in [4.78, 5) is 15.5. The van der Waals surface area contributed by atoms with Crippen molar-refractivity contribution in [3.8, 4) is 12.3 Å². The Labute approximate surface area is 79.7 Å². The molecule has 0 saturated carbocycles. The molecule has 1 aliphatic rings. The first kappa shape index (κ1) is 10.1. The molecular weight excluding hydrogens is 164 g/mol. The van der Waals surface area contributed by atoms with E-state index in [0.717, 1.165) is 26.1 Å². The van der Waals surface area contributed by atoms with Crippen LogP contribution in [0, 0.1) is 12.3 Å². The molecule has 1 saturated heterocycles. The Morgan fingerprint density at radius 1 is 1.54 bits per heavy atom. The van der Waals surface area contributed by atoms with Gasteiger partial charge in [-0.1, -0.05) is 5.92 Å². The highest BCUT2D eigenvalue weighted by Gasteiger charge is 2.19. The van der Waals surface area contributed by atoms with E-state index in [9.17, 15) is 4.79 Å². The second-order valence-electron chi connectivity index (χ2n) is 3.24. The molecule has 0 unspecified atom stereocenters. The predicted octanol–water partition coefficient (Wildman–Crippen LogP) is 0.174. The van der Waals surface area contributed by atoms with Gasteiger partial charge in [0.2, 0.25) is 5.91 Å². The molecule has 0 aromatic carbocycles. The lowest BCUT2D eigenvalue weighted by Crippen LogP contribution is -2.36. The molecule has 0 atom stereocenters. The number of likely N-dealkylation sites (N-methyl/N-ethyl adjacent to an activating group) is 1. The monoisotopic (exact) mass is 180 g/mol. The van der Waals surface area contributed by atoms with E-state index in [-0.39, 0.29) is 5.91 Å². The number of carbonyl (C=O) groups excluding carboxylic acids is 1. The summed E-state index contributed by atoms with van der Waals surface area (Å²) in [5.41, 5.74) is 0. The fourth-order valence-electron chi connectivity index (χ4n) is 1.58. The lowest BCUT2D eigenvalue weighted by molar-refractivity contribution is -0.130. The van der Waals surface area contributed by atoms with Crippen LogP contribution >= 0.6 is 0 Å². The van der Waals surface area contributed by atoms with Crippen molar-refractivity contribution in [2.24, 2.45) is 0 Å². The Morgan fingerprint density at radius 2 is 2.31 bits per heavy atom. The van der Waals surface area contributed by atoms with E-state index in [1.165, 1.54) is 0 Å². The van der Waals surface area contributed by atoms with Gasteiger partial charge in [-0.05, 0) is 13.3 Å². The average Bonchev–Trinajstić information content (AvgIpc) is 2.28. The summed E-state index contributed by atoms with van der Waals surface area (Å²) >= 11 is 0. The van der Waals surface area contributed by atoms with Crippen LogP contribution in [0.2, 0.25) is 0 Å². The van der Waals surface area contributed by atoms with Crippen LogP contribution in [0.5, 0.6) is 0 Å². The van der Waals surface area contributed by atoms with Crippen molar-refractivity contribution in [2.45, 2.75) is 13.3 Å². The minimum Gasteiger partial charge on any atom is -0.342 e. The van der Waals surface area contributed by atoms with Crippen LogP contribution in [0.1, 0.15) is 13.3 Å². The number of nitrogens with zero attached hydrogens (tertiary/aromatic N) is 2.